The van der Waals surface area contributed by atoms with Crippen molar-refractivity contribution in [2.75, 3.05) is 37.7 Å². The second kappa shape index (κ2) is 9.49. The third-order valence-electron chi connectivity index (χ3n) is 5.15. The fraction of sp³-hybridized carbons (Fsp3) is 0.261. The van der Waals surface area contributed by atoms with Crippen molar-refractivity contribution in [1.82, 2.24) is 9.88 Å². The molecule has 0 bridgehead atoms. The highest BCUT2D eigenvalue weighted by atomic mass is 35.5. The number of thiazole rings is 1. The first-order chi connectivity index (χ1) is 15.0. The van der Waals surface area contributed by atoms with Gasteiger partial charge in [-0.3, -0.25) is 4.79 Å². The molecule has 0 unspecified atom stereocenters. The molecule has 0 saturated carbocycles. The molecule has 0 atom stereocenters. The van der Waals surface area contributed by atoms with Crippen LogP contribution in [0.25, 0.3) is 10.6 Å². The summed E-state index contributed by atoms with van der Waals surface area (Å²) in [6.07, 6.45) is 0. The van der Waals surface area contributed by atoms with Crippen LogP contribution in [-0.4, -0.2) is 54.5 Å². The first kappa shape index (κ1) is 21.3. The fourth-order valence-electron chi connectivity index (χ4n) is 3.44. The molecule has 160 valence electrons. The molecule has 6 nitrogen and oxygen atoms in total. The van der Waals surface area contributed by atoms with Crippen LogP contribution in [0.1, 0.15) is 15.4 Å². The number of nitrogens with zero attached hydrogens (tertiary/aromatic N) is 3. The van der Waals surface area contributed by atoms with Gasteiger partial charge in [0.2, 0.25) is 0 Å². The lowest BCUT2D eigenvalue weighted by Crippen LogP contribution is -2.49. The molecular formula is C23H22ClN3O3S. The van der Waals surface area contributed by atoms with E-state index in [-0.39, 0.29) is 12.5 Å². The molecule has 31 heavy (non-hydrogen) atoms. The number of halogens is 1. The third-order valence-corrected chi connectivity index (χ3v) is 6.59. The summed E-state index contributed by atoms with van der Waals surface area (Å²) >= 11 is 7.18. The summed E-state index contributed by atoms with van der Waals surface area (Å²) in [4.78, 5) is 33.9. The highest BCUT2D eigenvalue weighted by Crippen LogP contribution is 2.29. The highest BCUT2D eigenvalue weighted by Gasteiger charge is 2.24. The maximum atomic E-state index is 12.5. The van der Waals surface area contributed by atoms with Gasteiger partial charge in [0, 0.05) is 42.5 Å². The van der Waals surface area contributed by atoms with Crippen LogP contribution in [0.5, 0.6) is 0 Å². The van der Waals surface area contributed by atoms with Crippen molar-refractivity contribution in [2.24, 2.45) is 0 Å². The van der Waals surface area contributed by atoms with Gasteiger partial charge in [0.25, 0.3) is 5.91 Å². The Morgan fingerprint density at radius 1 is 1.03 bits per heavy atom. The van der Waals surface area contributed by atoms with E-state index < -0.39 is 5.97 Å². The normalized spacial score (nSPS) is 13.9. The van der Waals surface area contributed by atoms with Crippen LogP contribution in [0, 0.1) is 6.92 Å². The molecule has 1 aromatic heterocycles. The fourth-order valence-corrected chi connectivity index (χ4v) is 4.53. The van der Waals surface area contributed by atoms with Gasteiger partial charge in [0.15, 0.2) is 6.61 Å². The van der Waals surface area contributed by atoms with Crippen LogP contribution >= 0.6 is 22.9 Å². The number of benzene rings is 2. The standard InChI is InChI=1S/C23H22ClN3O3S/c1-16-21(31-22(25-16)17-7-9-18(24)10-8-17)23(29)30-15-20(28)27-13-11-26(12-14-27)19-5-3-2-4-6-19/h2-10H,11-15H2,1H3. The average molecular weight is 456 g/mol. The lowest BCUT2D eigenvalue weighted by molar-refractivity contribution is -0.134. The van der Waals surface area contributed by atoms with E-state index in [0.29, 0.717) is 33.7 Å². The van der Waals surface area contributed by atoms with E-state index in [2.05, 4.69) is 22.0 Å². The summed E-state index contributed by atoms with van der Waals surface area (Å²) in [7, 11) is 0. The summed E-state index contributed by atoms with van der Waals surface area (Å²) in [5.41, 5.74) is 2.62. The van der Waals surface area contributed by atoms with E-state index in [1.807, 2.05) is 30.3 Å². The highest BCUT2D eigenvalue weighted by molar-refractivity contribution is 7.17. The minimum Gasteiger partial charge on any atom is -0.451 e. The molecule has 1 saturated heterocycles. The Balaban J connectivity index is 1.31. The molecule has 0 radical (unpaired) electrons. The van der Waals surface area contributed by atoms with Crippen LogP contribution in [0.15, 0.2) is 54.6 Å². The van der Waals surface area contributed by atoms with Crippen molar-refractivity contribution in [3.63, 3.8) is 0 Å². The maximum Gasteiger partial charge on any atom is 0.350 e. The van der Waals surface area contributed by atoms with E-state index in [1.54, 1.807) is 24.0 Å². The summed E-state index contributed by atoms with van der Waals surface area (Å²) in [5, 5.41) is 1.35. The number of piperazine rings is 1. The number of para-hydroxylation sites is 1. The van der Waals surface area contributed by atoms with Crippen molar-refractivity contribution >= 4 is 40.5 Å². The number of esters is 1. The Hall–Kier alpha value is -2.90. The molecule has 0 aliphatic carbocycles. The van der Waals surface area contributed by atoms with Crippen molar-refractivity contribution in [3.05, 3.63) is 70.2 Å². The number of anilines is 1. The largest absolute Gasteiger partial charge is 0.451 e. The minimum absolute atomic E-state index is 0.179. The molecule has 1 amide bonds. The number of aromatic nitrogens is 1. The lowest BCUT2D eigenvalue weighted by atomic mass is 10.2. The quantitative estimate of drug-likeness (QED) is 0.537. The van der Waals surface area contributed by atoms with Crippen LogP contribution < -0.4 is 4.90 Å². The smallest absolute Gasteiger partial charge is 0.350 e. The minimum atomic E-state index is -0.522. The zero-order chi connectivity index (χ0) is 21.8. The number of hydrogen-bond acceptors (Lipinski definition) is 6. The molecule has 2 heterocycles. The monoisotopic (exact) mass is 455 g/mol. The van der Waals surface area contributed by atoms with E-state index in [9.17, 15) is 9.59 Å². The number of aryl methyl sites for hydroxylation is 1. The van der Waals surface area contributed by atoms with Gasteiger partial charge < -0.3 is 14.5 Å². The lowest BCUT2D eigenvalue weighted by Gasteiger charge is -2.36. The molecule has 4 rings (SSSR count). The SMILES string of the molecule is Cc1nc(-c2ccc(Cl)cc2)sc1C(=O)OCC(=O)N1CCN(c2ccccc2)CC1. The predicted molar refractivity (Wildman–Crippen MR) is 123 cm³/mol. The van der Waals surface area contributed by atoms with Gasteiger partial charge in [-0.1, -0.05) is 41.9 Å². The number of ether oxygens (including phenoxy) is 1. The van der Waals surface area contributed by atoms with Crippen LogP contribution in [-0.2, 0) is 9.53 Å². The second-order valence-electron chi connectivity index (χ2n) is 7.22. The Labute approximate surface area is 190 Å². The molecule has 1 aliphatic heterocycles. The predicted octanol–water partition coefficient (Wildman–Crippen LogP) is 4.28. The van der Waals surface area contributed by atoms with Gasteiger partial charge in [-0.15, -0.1) is 11.3 Å². The Kier molecular flexibility index (Phi) is 6.53. The number of carbonyl (C=O) groups excluding carboxylic acids is 2. The summed E-state index contributed by atoms with van der Waals surface area (Å²) in [6, 6.07) is 17.4. The van der Waals surface area contributed by atoms with E-state index in [0.717, 1.165) is 24.3 Å². The van der Waals surface area contributed by atoms with E-state index >= 15 is 0 Å². The van der Waals surface area contributed by atoms with Gasteiger partial charge in [-0.25, -0.2) is 9.78 Å². The number of amides is 1. The van der Waals surface area contributed by atoms with Crippen LogP contribution in [0.2, 0.25) is 5.02 Å². The molecule has 1 aliphatic rings. The third kappa shape index (κ3) is 5.06. The maximum absolute atomic E-state index is 12.5. The summed E-state index contributed by atoms with van der Waals surface area (Å²) < 4.78 is 5.31. The number of carbonyl (C=O) groups is 2. The van der Waals surface area contributed by atoms with Crippen molar-refractivity contribution < 1.29 is 14.3 Å². The molecule has 0 N–H and O–H groups in total. The Morgan fingerprint density at radius 3 is 2.39 bits per heavy atom. The summed E-state index contributed by atoms with van der Waals surface area (Å²) in [6.45, 7) is 4.20. The van der Waals surface area contributed by atoms with Crippen molar-refractivity contribution in [3.8, 4) is 10.6 Å². The zero-order valence-corrected chi connectivity index (χ0v) is 18.7. The zero-order valence-electron chi connectivity index (χ0n) is 17.1. The van der Waals surface area contributed by atoms with Crippen LogP contribution in [0.4, 0.5) is 5.69 Å². The van der Waals surface area contributed by atoms with Gasteiger partial charge in [0.1, 0.15) is 9.88 Å². The first-order valence-corrected chi connectivity index (χ1v) is 11.2. The number of hydrogen-bond donors (Lipinski definition) is 0. The molecule has 1 fully saturated rings. The van der Waals surface area contributed by atoms with Crippen molar-refractivity contribution in [1.29, 1.82) is 0 Å². The van der Waals surface area contributed by atoms with Gasteiger partial charge in [0.05, 0.1) is 5.69 Å². The van der Waals surface area contributed by atoms with E-state index in [4.69, 9.17) is 16.3 Å². The summed E-state index contributed by atoms with van der Waals surface area (Å²) in [5.74, 6) is -0.701. The molecule has 3 aromatic rings. The van der Waals surface area contributed by atoms with Gasteiger partial charge >= 0.3 is 5.97 Å². The second-order valence-corrected chi connectivity index (χ2v) is 8.66. The van der Waals surface area contributed by atoms with Crippen molar-refractivity contribution in [2.45, 2.75) is 6.92 Å². The topological polar surface area (TPSA) is 62.7 Å². The average Bonchev–Trinajstić information content (AvgIpc) is 3.20. The molecule has 8 heteroatoms. The first-order valence-electron chi connectivity index (χ1n) is 9.99. The number of rotatable bonds is 5. The Morgan fingerprint density at radius 2 is 1.71 bits per heavy atom. The van der Waals surface area contributed by atoms with Crippen LogP contribution in [0.3, 0.4) is 0 Å². The molecule has 2 aromatic carbocycles. The molecule has 0 spiro atoms. The van der Waals surface area contributed by atoms with E-state index in [1.165, 1.54) is 11.3 Å². The van der Waals surface area contributed by atoms with Gasteiger partial charge in [-0.2, -0.15) is 0 Å². The Bertz CT molecular complexity index is 1060. The molecular weight excluding hydrogens is 434 g/mol. The van der Waals surface area contributed by atoms with Gasteiger partial charge in [-0.05, 0) is 31.2 Å².